The Kier molecular flexibility index (Phi) is 6.66. The van der Waals surface area contributed by atoms with Crippen LogP contribution in [0, 0.1) is 0 Å². The third-order valence-corrected chi connectivity index (χ3v) is 5.14. The van der Waals surface area contributed by atoms with Crippen molar-refractivity contribution in [2.24, 2.45) is 7.05 Å². The highest BCUT2D eigenvalue weighted by molar-refractivity contribution is 7.99. The smallest absolute Gasteiger partial charge is 0.191 e. The lowest BCUT2D eigenvalue weighted by Crippen LogP contribution is -2.05. The van der Waals surface area contributed by atoms with Gasteiger partial charge in [0, 0.05) is 12.8 Å². The predicted octanol–water partition coefficient (Wildman–Crippen LogP) is 4.87. The van der Waals surface area contributed by atoms with E-state index in [1.165, 1.54) is 0 Å². The second kappa shape index (κ2) is 9.16. The zero-order chi connectivity index (χ0) is 18.4. The summed E-state index contributed by atoms with van der Waals surface area (Å²) in [5.41, 5.74) is 0. The number of halogens is 2. The molecule has 0 atom stereocenters. The van der Waals surface area contributed by atoms with Crippen LogP contribution in [0.5, 0.6) is 11.5 Å². The highest BCUT2D eigenvalue weighted by Gasteiger charge is 2.11. The van der Waals surface area contributed by atoms with Crippen LogP contribution in [0.3, 0.4) is 0 Å². The van der Waals surface area contributed by atoms with Crippen LogP contribution in [0.2, 0.25) is 10.0 Å². The average molecular weight is 410 g/mol. The summed E-state index contributed by atoms with van der Waals surface area (Å²) in [5.74, 6) is 2.75. The number of hydrogen-bond acceptors (Lipinski definition) is 5. The first-order chi connectivity index (χ1) is 12.6. The van der Waals surface area contributed by atoms with Crippen molar-refractivity contribution in [1.82, 2.24) is 14.8 Å². The van der Waals surface area contributed by atoms with Gasteiger partial charge in [0.05, 0.1) is 16.7 Å². The molecule has 0 aliphatic heterocycles. The van der Waals surface area contributed by atoms with Gasteiger partial charge >= 0.3 is 0 Å². The summed E-state index contributed by atoms with van der Waals surface area (Å²) in [6.45, 7) is 0.816. The summed E-state index contributed by atoms with van der Waals surface area (Å²) in [4.78, 5) is 0. The molecule has 0 radical (unpaired) electrons. The van der Waals surface area contributed by atoms with Crippen LogP contribution < -0.4 is 9.47 Å². The number of aromatic nitrogens is 3. The molecular weight excluding hydrogens is 393 g/mol. The van der Waals surface area contributed by atoms with E-state index in [4.69, 9.17) is 32.7 Å². The molecule has 0 saturated carbocycles. The average Bonchev–Trinajstić information content (AvgIpc) is 2.99. The first-order valence-corrected chi connectivity index (χ1v) is 9.65. The Balaban J connectivity index is 1.49. The van der Waals surface area contributed by atoms with Crippen molar-refractivity contribution in [2.45, 2.75) is 11.8 Å². The molecule has 0 N–H and O–H groups in total. The number of thioether (sulfide) groups is 1. The first-order valence-electron chi connectivity index (χ1n) is 7.91. The van der Waals surface area contributed by atoms with Crippen molar-refractivity contribution in [3.05, 3.63) is 64.4 Å². The van der Waals surface area contributed by atoms with Crippen molar-refractivity contribution >= 4 is 35.0 Å². The zero-order valence-corrected chi connectivity index (χ0v) is 16.4. The second-order valence-electron chi connectivity index (χ2n) is 5.30. The van der Waals surface area contributed by atoms with Crippen LogP contribution in [0.25, 0.3) is 0 Å². The maximum Gasteiger partial charge on any atom is 0.191 e. The molecule has 0 saturated heterocycles. The van der Waals surface area contributed by atoms with Crippen LogP contribution in [0.1, 0.15) is 5.82 Å². The van der Waals surface area contributed by atoms with Gasteiger partial charge in [-0.25, -0.2) is 0 Å². The van der Waals surface area contributed by atoms with E-state index in [1.807, 2.05) is 48.0 Å². The lowest BCUT2D eigenvalue weighted by molar-refractivity contribution is 0.290. The van der Waals surface area contributed by atoms with E-state index in [0.29, 0.717) is 34.8 Å². The fraction of sp³-hybridized carbons (Fsp3) is 0.222. The number of benzene rings is 2. The van der Waals surface area contributed by atoms with E-state index >= 15 is 0 Å². The molecule has 0 amide bonds. The molecule has 1 aromatic heterocycles. The SMILES string of the molecule is Cn1c(COc2ccccc2Cl)nnc1SCCOc1ccccc1Cl. The third kappa shape index (κ3) is 4.84. The second-order valence-corrected chi connectivity index (χ2v) is 7.18. The lowest BCUT2D eigenvalue weighted by Gasteiger charge is -2.08. The van der Waals surface area contributed by atoms with Crippen LogP contribution >= 0.6 is 35.0 Å². The standard InChI is InChI=1S/C18H17Cl2N3O2S/c1-23-17(12-25-16-9-5-3-7-14(16)20)21-22-18(23)26-11-10-24-15-8-4-2-6-13(15)19/h2-9H,10-12H2,1H3. The number of rotatable bonds is 8. The largest absolute Gasteiger partial charge is 0.491 e. The first kappa shape index (κ1) is 18.9. The van der Waals surface area contributed by atoms with Crippen LogP contribution in [-0.2, 0) is 13.7 Å². The van der Waals surface area contributed by atoms with E-state index in [2.05, 4.69) is 10.2 Å². The molecule has 26 heavy (non-hydrogen) atoms. The van der Waals surface area contributed by atoms with Gasteiger partial charge in [-0.1, -0.05) is 59.2 Å². The molecule has 2 aromatic carbocycles. The Labute approximate surface area is 166 Å². The van der Waals surface area contributed by atoms with Crippen molar-refractivity contribution < 1.29 is 9.47 Å². The molecule has 3 aromatic rings. The highest BCUT2D eigenvalue weighted by atomic mass is 35.5. The fourth-order valence-corrected chi connectivity index (χ4v) is 3.27. The van der Waals surface area contributed by atoms with E-state index in [-0.39, 0.29) is 0 Å². The minimum absolute atomic E-state index is 0.296. The van der Waals surface area contributed by atoms with Crippen LogP contribution in [0.15, 0.2) is 53.7 Å². The normalized spacial score (nSPS) is 10.7. The summed E-state index contributed by atoms with van der Waals surface area (Å²) in [6.07, 6.45) is 0. The third-order valence-electron chi connectivity index (χ3n) is 3.53. The van der Waals surface area contributed by atoms with Crippen LogP contribution in [-0.4, -0.2) is 27.1 Å². The van der Waals surface area contributed by atoms with E-state index in [9.17, 15) is 0 Å². The Morgan fingerprint density at radius 1 is 0.923 bits per heavy atom. The van der Waals surface area contributed by atoms with Gasteiger partial charge in [0.15, 0.2) is 11.0 Å². The molecule has 0 aliphatic rings. The van der Waals surface area contributed by atoms with E-state index in [0.717, 1.165) is 16.7 Å². The molecule has 3 rings (SSSR count). The molecule has 0 aliphatic carbocycles. The Hall–Kier alpha value is -1.89. The number of nitrogens with zero attached hydrogens (tertiary/aromatic N) is 3. The molecule has 8 heteroatoms. The van der Waals surface area contributed by atoms with Crippen molar-refractivity contribution in [2.75, 3.05) is 12.4 Å². The van der Waals surface area contributed by atoms with Gasteiger partial charge in [-0.05, 0) is 24.3 Å². The van der Waals surface area contributed by atoms with Gasteiger partial charge in [0.25, 0.3) is 0 Å². The maximum atomic E-state index is 6.09. The van der Waals surface area contributed by atoms with Crippen LogP contribution in [0.4, 0.5) is 0 Å². The summed E-state index contributed by atoms with van der Waals surface area (Å²) in [7, 11) is 1.91. The minimum atomic E-state index is 0.296. The molecule has 1 heterocycles. The Morgan fingerprint density at radius 3 is 2.19 bits per heavy atom. The maximum absolute atomic E-state index is 6.09. The zero-order valence-electron chi connectivity index (χ0n) is 14.1. The van der Waals surface area contributed by atoms with Gasteiger partial charge in [-0.15, -0.1) is 10.2 Å². The molecule has 0 fully saturated rings. The number of para-hydroxylation sites is 2. The summed E-state index contributed by atoms with van der Waals surface area (Å²) < 4.78 is 13.3. The molecular formula is C18H17Cl2N3O2S. The quantitative estimate of drug-likeness (QED) is 0.392. The van der Waals surface area contributed by atoms with Gasteiger partial charge in [0.1, 0.15) is 18.1 Å². The molecule has 0 unspecified atom stereocenters. The monoisotopic (exact) mass is 409 g/mol. The van der Waals surface area contributed by atoms with Crippen molar-refractivity contribution in [1.29, 1.82) is 0 Å². The highest BCUT2D eigenvalue weighted by Crippen LogP contribution is 2.25. The van der Waals surface area contributed by atoms with Crippen molar-refractivity contribution in [3.8, 4) is 11.5 Å². The molecule has 5 nitrogen and oxygen atoms in total. The topological polar surface area (TPSA) is 49.2 Å². The Morgan fingerprint density at radius 2 is 1.54 bits per heavy atom. The summed E-state index contributed by atoms with van der Waals surface area (Å²) >= 11 is 13.7. The lowest BCUT2D eigenvalue weighted by atomic mass is 10.3. The van der Waals surface area contributed by atoms with Gasteiger partial charge < -0.3 is 14.0 Å². The molecule has 0 bridgehead atoms. The van der Waals surface area contributed by atoms with Gasteiger partial charge in [0.2, 0.25) is 0 Å². The van der Waals surface area contributed by atoms with Gasteiger partial charge in [-0.2, -0.15) is 0 Å². The van der Waals surface area contributed by atoms with E-state index in [1.54, 1.807) is 23.9 Å². The molecule has 0 spiro atoms. The summed E-state index contributed by atoms with van der Waals surface area (Å²) in [6, 6.07) is 14.7. The van der Waals surface area contributed by atoms with Gasteiger partial charge in [-0.3, -0.25) is 0 Å². The Bertz CT molecular complexity index is 873. The predicted molar refractivity (Wildman–Crippen MR) is 104 cm³/mol. The molecule has 136 valence electrons. The number of hydrogen-bond donors (Lipinski definition) is 0. The fourth-order valence-electron chi connectivity index (χ4n) is 2.15. The van der Waals surface area contributed by atoms with Crippen molar-refractivity contribution in [3.63, 3.8) is 0 Å². The van der Waals surface area contributed by atoms with E-state index < -0.39 is 0 Å². The summed E-state index contributed by atoms with van der Waals surface area (Å²) in [5, 5.41) is 10.3. The minimum Gasteiger partial charge on any atom is -0.491 e. The number of ether oxygens (including phenoxy) is 2.